The van der Waals surface area contributed by atoms with Gasteiger partial charge in [0.15, 0.2) is 0 Å². The van der Waals surface area contributed by atoms with E-state index in [1.807, 2.05) is 18.2 Å². The zero-order valence-electron chi connectivity index (χ0n) is 12.4. The fourth-order valence-electron chi connectivity index (χ4n) is 3.25. The second-order valence-electron chi connectivity index (χ2n) is 6.70. The molecular formula is C16H25NO2. The van der Waals surface area contributed by atoms with Gasteiger partial charge in [-0.1, -0.05) is 6.07 Å². The van der Waals surface area contributed by atoms with Gasteiger partial charge in [-0.05, 0) is 59.1 Å². The zero-order valence-corrected chi connectivity index (χ0v) is 12.4. The van der Waals surface area contributed by atoms with Crippen LogP contribution in [0.15, 0.2) is 24.4 Å². The van der Waals surface area contributed by atoms with Crippen molar-refractivity contribution in [1.29, 1.82) is 0 Å². The van der Waals surface area contributed by atoms with E-state index < -0.39 is 0 Å². The van der Waals surface area contributed by atoms with E-state index in [4.69, 9.17) is 4.74 Å². The number of nitrogens with zero attached hydrogens (tertiary/aromatic N) is 1. The van der Waals surface area contributed by atoms with Crippen LogP contribution in [0.2, 0.25) is 0 Å². The van der Waals surface area contributed by atoms with E-state index in [1.165, 1.54) is 0 Å². The van der Waals surface area contributed by atoms with Gasteiger partial charge in [-0.15, -0.1) is 0 Å². The Morgan fingerprint density at radius 2 is 2.11 bits per heavy atom. The molecule has 1 fully saturated rings. The fraction of sp³-hybridized carbons (Fsp3) is 0.688. The topological polar surface area (TPSA) is 42.4 Å². The average Bonchev–Trinajstić information content (AvgIpc) is 2.56. The first-order chi connectivity index (χ1) is 8.80. The monoisotopic (exact) mass is 263 g/mol. The summed E-state index contributed by atoms with van der Waals surface area (Å²) in [5.74, 6) is 0.186. The minimum absolute atomic E-state index is 0.139. The van der Waals surface area contributed by atoms with E-state index in [0.29, 0.717) is 0 Å². The zero-order chi connectivity index (χ0) is 14.1. The van der Waals surface area contributed by atoms with Crippen LogP contribution < -0.4 is 0 Å². The summed E-state index contributed by atoms with van der Waals surface area (Å²) in [6, 6.07) is 5.91. The molecule has 19 heavy (non-hydrogen) atoms. The van der Waals surface area contributed by atoms with Gasteiger partial charge < -0.3 is 9.84 Å². The summed E-state index contributed by atoms with van der Waals surface area (Å²) < 4.78 is 6.05. The van der Waals surface area contributed by atoms with Crippen molar-refractivity contribution in [2.45, 2.75) is 64.3 Å². The molecule has 2 unspecified atom stereocenters. The van der Waals surface area contributed by atoms with Gasteiger partial charge >= 0.3 is 0 Å². The van der Waals surface area contributed by atoms with Gasteiger partial charge in [0.2, 0.25) is 0 Å². The lowest BCUT2D eigenvalue weighted by Gasteiger charge is -2.30. The van der Waals surface area contributed by atoms with Crippen molar-refractivity contribution in [3.05, 3.63) is 30.1 Å². The maximum Gasteiger partial charge on any atom is 0.0687 e. The minimum Gasteiger partial charge on any atom is -0.393 e. The van der Waals surface area contributed by atoms with E-state index in [9.17, 15) is 5.11 Å². The molecule has 0 aromatic carbocycles. The van der Waals surface area contributed by atoms with Crippen LogP contribution in [-0.2, 0) is 11.2 Å². The molecule has 1 aliphatic rings. The van der Waals surface area contributed by atoms with Crippen LogP contribution in [0.5, 0.6) is 0 Å². The Kier molecular flexibility index (Phi) is 3.98. The summed E-state index contributed by atoms with van der Waals surface area (Å²) in [6.45, 7) is 8.35. The number of aliphatic hydroxyl groups excluding tert-OH is 1. The number of pyridine rings is 1. The second-order valence-corrected chi connectivity index (χ2v) is 6.70. The van der Waals surface area contributed by atoms with Gasteiger partial charge in [0.1, 0.15) is 0 Å². The van der Waals surface area contributed by atoms with E-state index >= 15 is 0 Å². The smallest absolute Gasteiger partial charge is 0.0687 e. The second kappa shape index (κ2) is 5.22. The number of aliphatic hydroxyl groups is 1. The van der Waals surface area contributed by atoms with Crippen molar-refractivity contribution in [2.24, 2.45) is 5.92 Å². The Morgan fingerprint density at radius 3 is 2.63 bits per heavy atom. The fourth-order valence-corrected chi connectivity index (χ4v) is 3.25. The van der Waals surface area contributed by atoms with Crippen molar-refractivity contribution in [3.8, 4) is 0 Å². The summed E-state index contributed by atoms with van der Waals surface area (Å²) in [6.07, 6.45) is 3.93. The summed E-state index contributed by atoms with van der Waals surface area (Å²) in [5, 5.41) is 10.5. The van der Waals surface area contributed by atoms with Gasteiger partial charge in [0.05, 0.1) is 17.3 Å². The van der Waals surface area contributed by atoms with Crippen LogP contribution in [0.3, 0.4) is 0 Å². The van der Waals surface area contributed by atoms with Crippen LogP contribution in [-0.4, -0.2) is 27.4 Å². The molecule has 0 aliphatic carbocycles. The molecule has 1 aromatic heterocycles. The minimum atomic E-state index is -0.334. The Bertz CT molecular complexity index is 414. The van der Waals surface area contributed by atoms with Crippen molar-refractivity contribution >= 4 is 0 Å². The van der Waals surface area contributed by atoms with E-state index in [1.54, 1.807) is 6.20 Å². The van der Waals surface area contributed by atoms with Crippen LogP contribution in [0.1, 0.15) is 46.2 Å². The Balaban J connectivity index is 1.95. The third-order valence-corrected chi connectivity index (χ3v) is 4.03. The van der Waals surface area contributed by atoms with Gasteiger partial charge in [0, 0.05) is 17.8 Å². The van der Waals surface area contributed by atoms with Gasteiger partial charge in [-0.3, -0.25) is 4.98 Å². The molecule has 1 aliphatic heterocycles. The first-order valence-electron chi connectivity index (χ1n) is 7.08. The highest BCUT2D eigenvalue weighted by Crippen LogP contribution is 2.44. The van der Waals surface area contributed by atoms with E-state index in [2.05, 4.69) is 32.7 Å². The largest absolute Gasteiger partial charge is 0.393 e. The number of ether oxygens (including phenoxy) is 1. The lowest BCUT2D eigenvalue weighted by molar-refractivity contribution is -0.0880. The molecule has 0 amide bonds. The summed E-state index contributed by atoms with van der Waals surface area (Å²) in [4.78, 5) is 4.30. The molecule has 3 nitrogen and oxygen atoms in total. The average molecular weight is 263 g/mol. The highest BCUT2D eigenvalue weighted by atomic mass is 16.5. The first kappa shape index (κ1) is 14.5. The van der Waals surface area contributed by atoms with Crippen molar-refractivity contribution in [3.63, 3.8) is 0 Å². The standard InChI is InChI=1S/C16H25NO2/c1-15(2)11-13(16(3,4)19-15)14(18)9-8-12-7-5-6-10-17-12/h5-7,10,13-14,18H,8-9,11H2,1-4H3. The van der Waals surface area contributed by atoms with Gasteiger partial charge in [0.25, 0.3) is 0 Å². The third-order valence-electron chi connectivity index (χ3n) is 4.03. The molecule has 0 radical (unpaired) electrons. The van der Waals surface area contributed by atoms with Crippen LogP contribution in [0, 0.1) is 5.92 Å². The molecule has 1 saturated heterocycles. The molecule has 1 N–H and O–H groups in total. The molecule has 0 bridgehead atoms. The third kappa shape index (κ3) is 3.54. The summed E-state index contributed by atoms with van der Waals surface area (Å²) >= 11 is 0. The molecule has 106 valence electrons. The number of aryl methyl sites for hydroxylation is 1. The lowest BCUT2D eigenvalue weighted by atomic mass is 9.81. The lowest BCUT2D eigenvalue weighted by Crippen LogP contribution is -2.36. The Morgan fingerprint density at radius 1 is 1.37 bits per heavy atom. The highest BCUT2D eigenvalue weighted by molar-refractivity contribution is 5.04. The molecular weight excluding hydrogens is 238 g/mol. The Hall–Kier alpha value is -0.930. The number of rotatable bonds is 4. The molecule has 1 aromatic rings. The molecule has 2 atom stereocenters. The van der Waals surface area contributed by atoms with Crippen molar-refractivity contribution in [1.82, 2.24) is 4.98 Å². The van der Waals surface area contributed by atoms with Crippen molar-refractivity contribution < 1.29 is 9.84 Å². The van der Waals surface area contributed by atoms with Crippen LogP contribution in [0.4, 0.5) is 0 Å². The predicted octanol–water partition coefficient (Wildman–Crippen LogP) is 2.97. The SMILES string of the molecule is CC1(C)CC(C(O)CCc2ccccn2)C(C)(C)O1. The molecule has 0 spiro atoms. The number of aromatic nitrogens is 1. The normalized spacial score (nSPS) is 26.3. The quantitative estimate of drug-likeness (QED) is 0.908. The van der Waals surface area contributed by atoms with Crippen molar-refractivity contribution in [2.75, 3.05) is 0 Å². The summed E-state index contributed by atoms with van der Waals surface area (Å²) in [7, 11) is 0. The highest BCUT2D eigenvalue weighted by Gasteiger charge is 2.48. The van der Waals surface area contributed by atoms with Crippen LogP contribution >= 0.6 is 0 Å². The molecule has 3 heteroatoms. The van der Waals surface area contributed by atoms with Crippen LogP contribution in [0.25, 0.3) is 0 Å². The van der Waals surface area contributed by atoms with Gasteiger partial charge in [-0.25, -0.2) is 0 Å². The predicted molar refractivity (Wildman–Crippen MR) is 75.9 cm³/mol. The first-order valence-corrected chi connectivity index (χ1v) is 7.08. The van der Waals surface area contributed by atoms with E-state index in [-0.39, 0.29) is 23.2 Å². The van der Waals surface area contributed by atoms with E-state index in [0.717, 1.165) is 25.0 Å². The molecule has 2 heterocycles. The number of hydrogen-bond donors (Lipinski definition) is 1. The number of hydrogen-bond acceptors (Lipinski definition) is 3. The molecule has 0 saturated carbocycles. The van der Waals surface area contributed by atoms with Gasteiger partial charge in [-0.2, -0.15) is 0 Å². The Labute approximate surface area is 116 Å². The maximum absolute atomic E-state index is 10.5. The maximum atomic E-state index is 10.5. The summed E-state index contributed by atoms with van der Waals surface area (Å²) in [5.41, 5.74) is 0.644. The molecule has 2 rings (SSSR count).